The molecule has 2 N–H and O–H groups in total. The third-order valence-corrected chi connectivity index (χ3v) is 0.946. The Kier molecular flexibility index (Phi) is 4.46. The van der Waals surface area contributed by atoms with E-state index < -0.39 is 12.0 Å². The molecule has 0 atom stereocenters. The third kappa shape index (κ3) is 4.89. The number of hydrogen-bond acceptors (Lipinski definition) is 4. The third-order valence-electron chi connectivity index (χ3n) is 0.946. The van der Waals surface area contributed by atoms with Gasteiger partial charge in [0.2, 0.25) is 0 Å². The number of nitriles is 2. The van der Waals surface area contributed by atoms with Gasteiger partial charge in [0, 0.05) is 6.54 Å². The predicted molar refractivity (Wildman–Crippen MR) is 35.3 cm³/mol. The molecule has 0 aliphatic heterocycles. The number of aliphatic carboxylic acids is 1. The average Bonchev–Trinajstić information content (AvgIpc) is 1.98. The van der Waals surface area contributed by atoms with Crippen molar-refractivity contribution in [2.45, 2.75) is 12.5 Å². The Labute approximate surface area is 63.9 Å². The molecule has 0 radical (unpaired) electrons. The maximum atomic E-state index is 9.95. The van der Waals surface area contributed by atoms with E-state index in [0.29, 0.717) is 0 Å². The summed E-state index contributed by atoms with van der Waals surface area (Å²) in [5.74, 6) is -0.952. The molecule has 0 aromatic rings. The number of nitrogens with one attached hydrogen (secondary N) is 1. The number of carboxylic acids is 1. The van der Waals surface area contributed by atoms with Crippen molar-refractivity contribution in [3.05, 3.63) is 0 Å². The molecule has 0 fully saturated rings. The Balaban J connectivity index is 3.48. The van der Waals surface area contributed by atoms with Crippen LogP contribution in [0.15, 0.2) is 0 Å². The minimum atomic E-state index is -0.952. The molecule has 5 nitrogen and oxygen atoms in total. The summed E-state index contributed by atoms with van der Waals surface area (Å²) in [5.41, 5.74) is 0. The molecule has 11 heavy (non-hydrogen) atoms. The van der Waals surface area contributed by atoms with Crippen LogP contribution in [-0.2, 0) is 4.79 Å². The Morgan fingerprint density at radius 1 is 1.55 bits per heavy atom. The molecule has 0 spiro atoms. The van der Waals surface area contributed by atoms with E-state index in [1.54, 1.807) is 12.1 Å². The molecule has 0 bridgehead atoms. The van der Waals surface area contributed by atoms with Crippen molar-refractivity contribution in [2.24, 2.45) is 0 Å². The summed E-state index contributed by atoms with van der Waals surface area (Å²) >= 11 is 0. The summed E-state index contributed by atoms with van der Waals surface area (Å²) in [6.07, 6.45) is -0.0835. The van der Waals surface area contributed by atoms with Gasteiger partial charge in [-0.2, -0.15) is 10.5 Å². The highest BCUT2D eigenvalue weighted by Crippen LogP contribution is 1.79. The minimum Gasteiger partial charge on any atom is -0.481 e. The van der Waals surface area contributed by atoms with E-state index in [4.69, 9.17) is 15.6 Å². The fourth-order valence-electron chi connectivity index (χ4n) is 0.444. The van der Waals surface area contributed by atoms with Crippen molar-refractivity contribution >= 4 is 5.97 Å². The van der Waals surface area contributed by atoms with Crippen LogP contribution in [0.2, 0.25) is 0 Å². The highest BCUT2D eigenvalue weighted by Gasteiger charge is 2.03. The lowest BCUT2D eigenvalue weighted by Gasteiger charge is -1.99. The van der Waals surface area contributed by atoms with Crippen molar-refractivity contribution in [1.29, 1.82) is 10.5 Å². The van der Waals surface area contributed by atoms with Gasteiger partial charge in [-0.3, -0.25) is 10.1 Å². The maximum absolute atomic E-state index is 9.95. The first kappa shape index (κ1) is 9.41. The smallest absolute Gasteiger partial charge is 0.304 e. The monoisotopic (exact) mass is 153 g/mol. The van der Waals surface area contributed by atoms with Crippen LogP contribution in [0.4, 0.5) is 0 Å². The van der Waals surface area contributed by atoms with Crippen molar-refractivity contribution < 1.29 is 9.90 Å². The zero-order valence-electron chi connectivity index (χ0n) is 5.74. The van der Waals surface area contributed by atoms with Gasteiger partial charge in [0.15, 0.2) is 6.04 Å². The van der Waals surface area contributed by atoms with E-state index in [-0.39, 0.29) is 13.0 Å². The van der Waals surface area contributed by atoms with Crippen LogP contribution >= 0.6 is 0 Å². The molecular weight excluding hydrogens is 146 g/mol. The SMILES string of the molecule is N#CC(C#N)NCCC(=O)O. The largest absolute Gasteiger partial charge is 0.481 e. The molecule has 0 unspecified atom stereocenters. The maximum Gasteiger partial charge on any atom is 0.304 e. The van der Waals surface area contributed by atoms with E-state index in [1.165, 1.54) is 0 Å². The Bertz CT molecular complexity index is 199. The lowest BCUT2D eigenvalue weighted by molar-refractivity contribution is -0.136. The average molecular weight is 153 g/mol. The van der Waals surface area contributed by atoms with E-state index in [0.717, 1.165) is 0 Å². The van der Waals surface area contributed by atoms with Gasteiger partial charge in [-0.1, -0.05) is 0 Å². The van der Waals surface area contributed by atoms with Gasteiger partial charge >= 0.3 is 5.97 Å². The lowest BCUT2D eigenvalue weighted by Crippen LogP contribution is -2.28. The summed E-state index contributed by atoms with van der Waals surface area (Å²) in [6.45, 7) is 0.140. The first-order valence-electron chi connectivity index (χ1n) is 2.95. The van der Waals surface area contributed by atoms with Crippen LogP contribution in [-0.4, -0.2) is 23.7 Å². The highest BCUT2D eigenvalue weighted by molar-refractivity contribution is 5.66. The highest BCUT2D eigenvalue weighted by atomic mass is 16.4. The second kappa shape index (κ2) is 5.21. The molecule has 0 aromatic heterocycles. The van der Waals surface area contributed by atoms with Crippen LogP contribution in [0.3, 0.4) is 0 Å². The molecule has 58 valence electrons. The molecular formula is C6H7N3O2. The van der Waals surface area contributed by atoms with Crippen LogP contribution in [0.5, 0.6) is 0 Å². The lowest BCUT2D eigenvalue weighted by atomic mass is 10.3. The normalized spacial score (nSPS) is 8.64. The first-order chi connectivity index (χ1) is 5.20. The topological polar surface area (TPSA) is 96.9 Å². The predicted octanol–water partition coefficient (Wildman–Crippen LogP) is -0.534. The molecule has 0 saturated carbocycles. The fourth-order valence-corrected chi connectivity index (χ4v) is 0.444. The minimum absolute atomic E-state index is 0.0835. The van der Waals surface area contributed by atoms with Crippen LogP contribution in [0, 0.1) is 22.7 Å². The van der Waals surface area contributed by atoms with Gasteiger partial charge in [-0.05, 0) is 0 Å². The summed E-state index contributed by atoms with van der Waals surface area (Å²) < 4.78 is 0. The first-order valence-corrected chi connectivity index (χ1v) is 2.95. The molecule has 0 aromatic carbocycles. The van der Waals surface area contributed by atoms with Gasteiger partial charge in [0.25, 0.3) is 0 Å². The van der Waals surface area contributed by atoms with Crippen molar-refractivity contribution in [3.63, 3.8) is 0 Å². The number of carbonyl (C=O) groups is 1. The zero-order chi connectivity index (χ0) is 8.69. The van der Waals surface area contributed by atoms with E-state index >= 15 is 0 Å². The zero-order valence-corrected chi connectivity index (χ0v) is 5.74. The van der Waals surface area contributed by atoms with Crippen LogP contribution in [0.1, 0.15) is 6.42 Å². The molecule has 0 heterocycles. The summed E-state index contributed by atoms with van der Waals surface area (Å²) in [7, 11) is 0. The standard InChI is InChI=1S/C6H7N3O2/c7-3-5(4-8)9-2-1-6(10)11/h5,9H,1-2H2,(H,10,11). The molecule has 0 rings (SSSR count). The summed E-state index contributed by atoms with van der Waals surface area (Å²) in [5, 5.41) is 27.0. The van der Waals surface area contributed by atoms with E-state index in [1.807, 2.05) is 0 Å². The molecule has 0 aliphatic rings. The molecule has 0 saturated heterocycles. The van der Waals surface area contributed by atoms with Crippen molar-refractivity contribution in [2.75, 3.05) is 6.54 Å². The number of carboxylic acid groups (broad SMARTS) is 1. The van der Waals surface area contributed by atoms with Gasteiger partial charge in [-0.15, -0.1) is 0 Å². The summed E-state index contributed by atoms with van der Waals surface area (Å²) in [6, 6.07) is 2.41. The number of rotatable bonds is 4. The van der Waals surface area contributed by atoms with E-state index in [9.17, 15) is 4.79 Å². The quantitative estimate of drug-likeness (QED) is 0.565. The van der Waals surface area contributed by atoms with Gasteiger partial charge in [-0.25, -0.2) is 0 Å². The van der Waals surface area contributed by atoms with Crippen LogP contribution in [0.25, 0.3) is 0 Å². The fraction of sp³-hybridized carbons (Fsp3) is 0.500. The second-order valence-electron chi connectivity index (χ2n) is 1.79. The van der Waals surface area contributed by atoms with Gasteiger partial charge < -0.3 is 5.11 Å². The Morgan fingerprint density at radius 2 is 2.09 bits per heavy atom. The number of nitrogens with zero attached hydrogens (tertiary/aromatic N) is 2. The summed E-state index contributed by atoms with van der Waals surface area (Å²) in [4.78, 5) is 9.95. The Morgan fingerprint density at radius 3 is 2.45 bits per heavy atom. The van der Waals surface area contributed by atoms with Gasteiger partial charge in [0.1, 0.15) is 0 Å². The van der Waals surface area contributed by atoms with E-state index in [2.05, 4.69) is 5.32 Å². The Hall–Kier alpha value is -1.59. The van der Waals surface area contributed by atoms with Crippen molar-refractivity contribution in [3.8, 4) is 12.1 Å². The number of hydrogen-bond donors (Lipinski definition) is 2. The van der Waals surface area contributed by atoms with Crippen molar-refractivity contribution in [1.82, 2.24) is 5.32 Å². The van der Waals surface area contributed by atoms with Crippen LogP contribution < -0.4 is 5.32 Å². The molecule has 0 amide bonds. The molecule has 5 heteroatoms. The molecule has 0 aliphatic carbocycles. The second-order valence-corrected chi connectivity index (χ2v) is 1.79. The van der Waals surface area contributed by atoms with Gasteiger partial charge in [0.05, 0.1) is 18.6 Å².